The highest BCUT2D eigenvalue weighted by Crippen LogP contribution is 2.25. The molecule has 6 nitrogen and oxygen atoms in total. The number of carbonyl (C=O) groups is 1. The fourth-order valence-electron chi connectivity index (χ4n) is 4.70. The third-order valence-electron chi connectivity index (χ3n) is 6.18. The van der Waals surface area contributed by atoms with Crippen LogP contribution in [-0.2, 0) is 0 Å². The van der Waals surface area contributed by atoms with Gasteiger partial charge in [0.25, 0.3) is 5.91 Å². The summed E-state index contributed by atoms with van der Waals surface area (Å²) in [5.74, 6) is 0.940. The van der Waals surface area contributed by atoms with Crippen molar-refractivity contribution in [2.75, 3.05) is 32.7 Å². The lowest BCUT2D eigenvalue weighted by molar-refractivity contribution is 0.0607. The van der Waals surface area contributed by atoms with Gasteiger partial charge in [-0.25, -0.2) is 9.50 Å². The molecule has 0 bridgehead atoms. The van der Waals surface area contributed by atoms with E-state index in [9.17, 15) is 4.79 Å². The number of nitrogens with zero attached hydrogens (tertiary/aromatic N) is 5. The number of carbonyl (C=O) groups excluding carboxylic acids is 1. The Morgan fingerprint density at radius 1 is 1.07 bits per heavy atom. The highest BCUT2D eigenvalue weighted by atomic mass is 16.2. The Kier molecular flexibility index (Phi) is 5.17. The third-order valence-corrected chi connectivity index (χ3v) is 6.18. The number of rotatable bonds is 3. The molecule has 2 aromatic rings. The fourth-order valence-corrected chi connectivity index (χ4v) is 4.70. The standard InChI is InChI=1S/C21H31N5O/c1-15-13-16(2)26-20(22-15)19(17(3)23-26)21(27)25-11-9-24(10-12-25)14-18-7-5-4-6-8-18/h13,18H,4-12,14H2,1-3H3. The topological polar surface area (TPSA) is 53.7 Å². The Hall–Kier alpha value is -1.95. The van der Waals surface area contributed by atoms with Crippen LogP contribution in [0.25, 0.3) is 5.65 Å². The molecule has 1 saturated carbocycles. The monoisotopic (exact) mass is 369 g/mol. The van der Waals surface area contributed by atoms with E-state index >= 15 is 0 Å². The SMILES string of the molecule is Cc1cc(C)n2nc(C)c(C(=O)N3CCN(CC4CCCCC4)CC3)c2n1. The molecular formula is C21H31N5O. The summed E-state index contributed by atoms with van der Waals surface area (Å²) in [7, 11) is 0. The van der Waals surface area contributed by atoms with Crippen molar-refractivity contribution in [3.8, 4) is 0 Å². The van der Waals surface area contributed by atoms with Crippen molar-refractivity contribution in [2.24, 2.45) is 5.92 Å². The van der Waals surface area contributed by atoms with Crippen LogP contribution in [0.2, 0.25) is 0 Å². The van der Waals surface area contributed by atoms with Crippen LogP contribution in [0.5, 0.6) is 0 Å². The van der Waals surface area contributed by atoms with Crippen LogP contribution in [0.3, 0.4) is 0 Å². The lowest BCUT2D eigenvalue weighted by Crippen LogP contribution is -2.50. The molecule has 2 aliphatic rings. The van der Waals surface area contributed by atoms with Gasteiger partial charge in [-0.05, 0) is 45.6 Å². The average Bonchev–Trinajstić information content (AvgIpc) is 2.99. The Labute approximate surface area is 161 Å². The smallest absolute Gasteiger partial charge is 0.259 e. The largest absolute Gasteiger partial charge is 0.336 e. The molecule has 4 rings (SSSR count). The van der Waals surface area contributed by atoms with Gasteiger partial charge in [-0.15, -0.1) is 0 Å². The zero-order chi connectivity index (χ0) is 19.0. The van der Waals surface area contributed by atoms with E-state index in [-0.39, 0.29) is 5.91 Å². The van der Waals surface area contributed by atoms with Gasteiger partial charge in [-0.3, -0.25) is 9.69 Å². The van der Waals surface area contributed by atoms with Crippen LogP contribution >= 0.6 is 0 Å². The number of hydrogen-bond donors (Lipinski definition) is 0. The minimum atomic E-state index is 0.0808. The van der Waals surface area contributed by atoms with Crippen molar-refractivity contribution < 1.29 is 4.79 Å². The van der Waals surface area contributed by atoms with E-state index in [1.54, 1.807) is 4.52 Å². The molecule has 0 spiro atoms. The Morgan fingerprint density at radius 3 is 2.48 bits per heavy atom. The maximum atomic E-state index is 13.2. The molecule has 1 aliphatic carbocycles. The van der Waals surface area contributed by atoms with Gasteiger partial charge in [0.1, 0.15) is 5.56 Å². The summed E-state index contributed by atoms with van der Waals surface area (Å²) in [6, 6.07) is 2.00. The summed E-state index contributed by atoms with van der Waals surface area (Å²) in [5.41, 5.74) is 4.07. The van der Waals surface area contributed by atoms with Crippen molar-refractivity contribution in [1.29, 1.82) is 0 Å². The molecule has 6 heteroatoms. The van der Waals surface area contributed by atoms with Gasteiger partial charge in [-0.1, -0.05) is 19.3 Å². The second kappa shape index (κ2) is 7.58. The highest BCUT2D eigenvalue weighted by Gasteiger charge is 2.28. The van der Waals surface area contributed by atoms with Crippen LogP contribution in [-0.4, -0.2) is 63.0 Å². The van der Waals surface area contributed by atoms with Crippen molar-refractivity contribution in [1.82, 2.24) is 24.4 Å². The van der Waals surface area contributed by atoms with Crippen LogP contribution in [0.1, 0.15) is 59.5 Å². The van der Waals surface area contributed by atoms with Gasteiger partial charge >= 0.3 is 0 Å². The molecule has 0 radical (unpaired) electrons. The Bertz CT molecular complexity index is 829. The Morgan fingerprint density at radius 2 is 1.78 bits per heavy atom. The summed E-state index contributed by atoms with van der Waals surface area (Å²) in [5, 5.41) is 4.56. The number of piperazine rings is 1. The first-order chi connectivity index (χ1) is 13.0. The quantitative estimate of drug-likeness (QED) is 0.835. The van der Waals surface area contributed by atoms with Crippen LogP contribution in [0, 0.1) is 26.7 Å². The lowest BCUT2D eigenvalue weighted by atomic mass is 9.89. The first kappa shape index (κ1) is 18.4. The number of fused-ring (bicyclic) bond motifs is 1. The minimum absolute atomic E-state index is 0.0808. The summed E-state index contributed by atoms with van der Waals surface area (Å²) >= 11 is 0. The second-order valence-corrected chi connectivity index (χ2v) is 8.33. The van der Waals surface area contributed by atoms with E-state index in [1.165, 1.54) is 38.6 Å². The number of aromatic nitrogens is 3. The first-order valence-electron chi connectivity index (χ1n) is 10.4. The van der Waals surface area contributed by atoms with Crippen LogP contribution in [0.4, 0.5) is 0 Å². The van der Waals surface area contributed by atoms with Gasteiger partial charge < -0.3 is 4.90 Å². The van der Waals surface area contributed by atoms with E-state index in [0.717, 1.165) is 49.2 Å². The zero-order valence-corrected chi connectivity index (χ0v) is 16.9. The molecule has 0 unspecified atom stereocenters. The summed E-state index contributed by atoms with van der Waals surface area (Å²) < 4.78 is 1.80. The number of amides is 1. The molecule has 0 atom stereocenters. The number of hydrogen-bond acceptors (Lipinski definition) is 4. The van der Waals surface area contributed by atoms with Crippen LogP contribution in [0.15, 0.2) is 6.07 Å². The predicted molar refractivity (Wildman–Crippen MR) is 106 cm³/mol. The molecular weight excluding hydrogens is 338 g/mol. The van der Waals surface area contributed by atoms with Crippen molar-refractivity contribution in [3.05, 3.63) is 28.7 Å². The fraction of sp³-hybridized carbons (Fsp3) is 0.667. The molecule has 0 aromatic carbocycles. The van der Waals surface area contributed by atoms with E-state index in [2.05, 4.69) is 15.0 Å². The molecule has 2 aromatic heterocycles. The molecule has 1 saturated heterocycles. The normalized spacial score (nSPS) is 19.7. The molecule has 0 N–H and O–H groups in total. The second-order valence-electron chi connectivity index (χ2n) is 8.33. The first-order valence-corrected chi connectivity index (χ1v) is 10.4. The van der Waals surface area contributed by atoms with E-state index < -0.39 is 0 Å². The Balaban J connectivity index is 1.45. The lowest BCUT2D eigenvalue weighted by Gasteiger charge is -2.37. The minimum Gasteiger partial charge on any atom is -0.336 e. The third kappa shape index (κ3) is 3.72. The summed E-state index contributed by atoms with van der Waals surface area (Å²) in [4.78, 5) is 22.4. The van der Waals surface area contributed by atoms with Crippen molar-refractivity contribution in [3.63, 3.8) is 0 Å². The number of aryl methyl sites for hydroxylation is 3. The van der Waals surface area contributed by atoms with E-state index in [0.29, 0.717) is 11.2 Å². The van der Waals surface area contributed by atoms with Crippen molar-refractivity contribution >= 4 is 11.6 Å². The molecule has 3 heterocycles. The van der Waals surface area contributed by atoms with Crippen LogP contribution < -0.4 is 0 Å². The molecule has 1 aliphatic heterocycles. The molecule has 2 fully saturated rings. The van der Waals surface area contributed by atoms with Gasteiger partial charge in [0.05, 0.1) is 5.69 Å². The van der Waals surface area contributed by atoms with E-state index in [1.807, 2.05) is 31.7 Å². The zero-order valence-electron chi connectivity index (χ0n) is 16.9. The maximum absolute atomic E-state index is 13.2. The van der Waals surface area contributed by atoms with Gasteiger partial charge in [0, 0.05) is 44.1 Å². The predicted octanol–water partition coefficient (Wildman–Crippen LogP) is 2.99. The summed E-state index contributed by atoms with van der Waals surface area (Å²) in [6.45, 7) is 10.6. The molecule has 27 heavy (non-hydrogen) atoms. The molecule has 146 valence electrons. The van der Waals surface area contributed by atoms with E-state index in [4.69, 9.17) is 0 Å². The van der Waals surface area contributed by atoms with Gasteiger partial charge in [-0.2, -0.15) is 5.10 Å². The average molecular weight is 370 g/mol. The maximum Gasteiger partial charge on any atom is 0.259 e. The van der Waals surface area contributed by atoms with Crippen molar-refractivity contribution in [2.45, 2.75) is 52.9 Å². The highest BCUT2D eigenvalue weighted by molar-refractivity contribution is 6.01. The van der Waals surface area contributed by atoms with Gasteiger partial charge in [0.15, 0.2) is 5.65 Å². The van der Waals surface area contributed by atoms with Gasteiger partial charge in [0.2, 0.25) is 0 Å². The summed E-state index contributed by atoms with van der Waals surface area (Å²) in [6.07, 6.45) is 6.95. The molecule has 1 amide bonds.